The van der Waals surface area contributed by atoms with Crippen molar-refractivity contribution >= 4 is 8.80 Å². The minimum atomic E-state index is -2.44. The van der Waals surface area contributed by atoms with Crippen LogP contribution in [0.5, 0.6) is 0 Å². The van der Waals surface area contributed by atoms with Crippen LogP contribution in [0.15, 0.2) is 0 Å². The lowest BCUT2D eigenvalue weighted by Gasteiger charge is -2.27. The van der Waals surface area contributed by atoms with Gasteiger partial charge in [0.2, 0.25) is 0 Å². The first kappa shape index (κ1) is 16.1. The third-order valence-corrected chi connectivity index (χ3v) is 6.19. The third-order valence-electron chi connectivity index (χ3n) is 3.43. The SMILES string of the molecule is CO[Si](CCC(C)OCCC1CCO1)(OC)OC. The molecule has 0 aliphatic carbocycles. The topological polar surface area (TPSA) is 46.2 Å². The summed E-state index contributed by atoms with van der Waals surface area (Å²) in [6, 6.07) is 0.775. The normalized spacial score (nSPS) is 21.7. The fraction of sp³-hybridized carbons (Fsp3) is 1.00. The highest BCUT2D eigenvalue weighted by Crippen LogP contribution is 2.19. The largest absolute Gasteiger partial charge is 0.500 e. The highest BCUT2D eigenvalue weighted by atomic mass is 28.4. The Morgan fingerprint density at radius 3 is 2.28 bits per heavy atom. The standard InChI is InChI=1S/C12H26O5Si/c1-11(16-8-5-12-6-9-17-12)7-10-18(13-2,14-3)15-4/h11-12H,5-10H2,1-4H3. The summed E-state index contributed by atoms with van der Waals surface area (Å²) < 4.78 is 27.2. The lowest BCUT2D eigenvalue weighted by atomic mass is 10.1. The predicted octanol–water partition coefficient (Wildman–Crippen LogP) is 1.84. The Hall–Kier alpha value is 0.0169. The minimum absolute atomic E-state index is 0.192. The van der Waals surface area contributed by atoms with E-state index in [4.69, 9.17) is 22.8 Å². The smallest absolute Gasteiger partial charge is 0.378 e. The maximum absolute atomic E-state index is 5.75. The first-order chi connectivity index (χ1) is 8.65. The Morgan fingerprint density at radius 1 is 1.22 bits per heavy atom. The van der Waals surface area contributed by atoms with E-state index in [-0.39, 0.29) is 6.10 Å². The Labute approximate surface area is 111 Å². The van der Waals surface area contributed by atoms with Crippen molar-refractivity contribution in [1.29, 1.82) is 0 Å². The van der Waals surface area contributed by atoms with Crippen LogP contribution >= 0.6 is 0 Å². The van der Waals surface area contributed by atoms with E-state index in [0.29, 0.717) is 6.10 Å². The summed E-state index contributed by atoms with van der Waals surface area (Å²) in [4.78, 5) is 0. The second kappa shape index (κ2) is 8.24. The molecule has 0 amide bonds. The van der Waals surface area contributed by atoms with Crippen LogP contribution in [-0.4, -0.2) is 55.6 Å². The van der Waals surface area contributed by atoms with Gasteiger partial charge in [-0.25, -0.2) is 0 Å². The molecule has 1 fully saturated rings. The van der Waals surface area contributed by atoms with Gasteiger partial charge in [0.15, 0.2) is 0 Å². The lowest BCUT2D eigenvalue weighted by Crippen LogP contribution is -2.43. The quantitative estimate of drug-likeness (QED) is 0.571. The fourth-order valence-electron chi connectivity index (χ4n) is 1.93. The second-order valence-corrected chi connectivity index (χ2v) is 7.68. The summed E-state index contributed by atoms with van der Waals surface area (Å²) in [5, 5.41) is 0. The molecule has 0 aromatic heterocycles. The van der Waals surface area contributed by atoms with E-state index in [1.54, 1.807) is 21.3 Å². The predicted molar refractivity (Wildman–Crippen MR) is 70.6 cm³/mol. The molecule has 1 aliphatic rings. The molecule has 18 heavy (non-hydrogen) atoms. The second-order valence-electron chi connectivity index (χ2n) is 4.59. The Balaban J connectivity index is 2.12. The van der Waals surface area contributed by atoms with E-state index in [9.17, 15) is 0 Å². The van der Waals surface area contributed by atoms with Crippen molar-refractivity contribution in [3.63, 3.8) is 0 Å². The first-order valence-electron chi connectivity index (χ1n) is 6.54. The Morgan fingerprint density at radius 2 is 1.83 bits per heavy atom. The van der Waals surface area contributed by atoms with Crippen LogP contribution in [0.3, 0.4) is 0 Å². The molecular weight excluding hydrogens is 252 g/mol. The molecule has 5 nitrogen and oxygen atoms in total. The number of rotatable bonds is 10. The van der Waals surface area contributed by atoms with Crippen molar-refractivity contribution in [2.45, 2.75) is 44.4 Å². The third kappa shape index (κ3) is 4.95. The van der Waals surface area contributed by atoms with E-state index < -0.39 is 8.80 Å². The van der Waals surface area contributed by atoms with Crippen molar-refractivity contribution < 1.29 is 22.8 Å². The number of hydrogen-bond acceptors (Lipinski definition) is 5. The average molecular weight is 278 g/mol. The first-order valence-corrected chi connectivity index (χ1v) is 8.47. The van der Waals surface area contributed by atoms with Crippen LogP contribution in [-0.2, 0) is 22.8 Å². The highest BCUT2D eigenvalue weighted by Gasteiger charge is 2.37. The van der Waals surface area contributed by atoms with Gasteiger partial charge in [-0.3, -0.25) is 0 Å². The molecule has 1 saturated heterocycles. The van der Waals surface area contributed by atoms with Gasteiger partial charge in [-0.05, 0) is 26.2 Å². The maximum Gasteiger partial charge on any atom is 0.500 e. The van der Waals surface area contributed by atoms with Gasteiger partial charge in [0.1, 0.15) is 0 Å². The minimum Gasteiger partial charge on any atom is -0.378 e. The number of hydrogen-bond donors (Lipinski definition) is 0. The molecule has 0 aromatic carbocycles. The molecule has 0 spiro atoms. The molecule has 0 radical (unpaired) electrons. The van der Waals surface area contributed by atoms with Crippen molar-refractivity contribution in [2.24, 2.45) is 0 Å². The summed E-state index contributed by atoms with van der Waals surface area (Å²) in [6.07, 6.45) is 3.66. The maximum atomic E-state index is 5.75. The van der Waals surface area contributed by atoms with Crippen molar-refractivity contribution in [1.82, 2.24) is 0 Å². The zero-order chi connectivity index (χ0) is 13.4. The van der Waals surface area contributed by atoms with Crippen LogP contribution in [0.25, 0.3) is 0 Å². The molecule has 1 aliphatic heterocycles. The average Bonchev–Trinajstić information content (AvgIpc) is 2.35. The van der Waals surface area contributed by atoms with Crippen LogP contribution < -0.4 is 0 Å². The Bertz CT molecular complexity index is 210. The molecule has 0 N–H and O–H groups in total. The van der Waals surface area contributed by atoms with E-state index in [1.165, 1.54) is 6.42 Å². The van der Waals surface area contributed by atoms with Gasteiger partial charge < -0.3 is 22.8 Å². The van der Waals surface area contributed by atoms with Gasteiger partial charge in [-0.2, -0.15) is 0 Å². The number of ether oxygens (including phenoxy) is 2. The summed E-state index contributed by atoms with van der Waals surface area (Å²) in [5.41, 5.74) is 0. The van der Waals surface area contributed by atoms with E-state index in [1.807, 2.05) is 0 Å². The molecule has 6 heteroatoms. The van der Waals surface area contributed by atoms with Gasteiger partial charge in [0.05, 0.1) is 12.2 Å². The molecule has 0 bridgehead atoms. The molecule has 2 atom stereocenters. The highest BCUT2D eigenvalue weighted by molar-refractivity contribution is 6.60. The molecule has 0 saturated carbocycles. The van der Waals surface area contributed by atoms with Crippen molar-refractivity contribution in [2.75, 3.05) is 34.5 Å². The van der Waals surface area contributed by atoms with Crippen LogP contribution in [0.1, 0.15) is 26.2 Å². The Kier molecular flexibility index (Phi) is 7.36. The van der Waals surface area contributed by atoms with E-state index >= 15 is 0 Å². The zero-order valence-corrected chi connectivity index (χ0v) is 12.9. The molecule has 1 rings (SSSR count). The summed E-state index contributed by atoms with van der Waals surface area (Å²) >= 11 is 0. The van der Waals surface area contributed by atoms with Crippen LogP contribution in [0.2, 0.25) is 6.04 Å². The van der Waals surface area contributed by atoms with Gasteiger partial charge in [-0.1, -0.05) is 0 Å². The summed E-state index contributed by atoms with van der Waals surface area (Å²) in [5.74, 6) is 0. The summed E-state index contributed by atoms with van der Waals surface area (Å²) in [7, 11) is 2.47. The van der Waals surface area contributed by atoms with E-state index in [2.05, 4.69) is 6.92 Å². The van der Waals surface area contributed by atoms with Gasteiger partial charge in [-0.15, -0.1) is 0 Å². The lowest BCUT2D eigenvalue weighted by molar-refractivity contribution is -0.0721. The van der Waals surface area contributed by atoms with Gasteiger partial charge in [0.25, 0.3) is 0 Å². The summed E-state index contributed by atoms with van der Waals surface area (Å²) in [6.45, 7) is 3.74. The van der Waals surface area contributed by atoms with Gasteiger partial charge >= 0.3 is 8.80 Å². The van der Waals surface area contributed by atoms with Crippen molar-refractivity contribution in [3.05, 3.63) is 0 Å². The van der Waals surface area contributed by atoms with Gasteiger partial charge in [0, 0.05) is 40.6 Å². The van der Waals surface area contributed by atoms with Crippen LogP contribution in [0, 0.1) is 0 Å². The molecule has 108 valence electrons. The van der Waals surface area contributed by atoms with Crippen molar-refractivity contribution in [3.8, 4) is 0 Å². The molecule has 0 aromatic rings. The monoisotopic (exact) mass is 278 g/mol. The molecular formula is C12H26O5Si. The fourth-order valence-corrected chi connectivity index (χ4v) is 3.80. The molecule has 1 heterocycles. The van der Waals surface area contributed by atoms with Crippen LogP contribution in [0.4, 0.5) is 0 Å². The van der Waals surface area contributed by atoms with E-state index in [0.717, 1.165) is 32.1 Å². The molecule has 2 unspecified atom stereocenters. The zero-order valence-electron chi connectivity index (χ0n) is 11.9.